The third-order valence-corrected chi connectivity index (χ3v) is 2.74. The van der Waals surface area contributed by atoms with Crippen molar-refractivity contribution in [1.29, 1.82) is 0 Å². The fourth-order valence-electron chi connectivity index (χ4n) is 1.55. The van der Waals surface area contributed by atoms with Crippen LogP contribution in [0, 0.1) is 19.7 Å². The molecule has 0 amide bonds. The van der Waals surface area contributed by atoms with Crippen LogP contribution in [0.1, 0.15) is 21.5 Å². The third kappa shape index (κ3) is 2.88. The molecule has 2 aromatic rings. The van der Waals surface area contributed by atoms with Crippen LogP contribution in [0.3, 0.4) is 0 Å². The van der Waals surface area contributed by atoms with Gasteiger partial charge in [-0.1, -0.05) is 6.07 Å². The van der Waals surface area contributed by atoms with E-state index in [1.54, 1.807) is 12.1 Å². The number of carbonyl (C=O) groups is 1. The van der Waals surface area contributed by atoms with Crippen LogP contribution in [0.2, 0.25) is 0 Å². The molecule has 1 N–H and O–H groups in total. The van der Waals surface area contributed by atoms with Crippen LogP contribution < -0.4 is 4.74 Å². The van der Waals surface area contributed by atoms with Crippen molar-refractivity contribution in [2.75, 3.05) is 0 Å². The molecule has 5 heteroatoms. The summed E-state index contributed by atoms with van der Waals surface area (Å²) in [6.45, 7) is 3.87. The number of aryl methyl sites for hydroxylation is 2. The van der Waals surface area contributed by atoms with Crippen molar-refractivity contribution in [3.8, 4) is 11.6 Å². The van der Waals surface area contributed by atoms with Gasteiger partial charge in [-0.05, 0) is 43.2 Å². The number of hydrogen-bond donors (Lipinski definition) is 1. The smallest absolute Gasteiger partial charge is 0.341 e. The highest BCUT2D eigenvalue weighted by Gasteiger charge is 2.15. The summed E-state index contributed by atoms with van der Waals surface area (Å²) in [4.78, 5) is 14.7. The first-order valence-electron chi connectivity index (χ1n) is 5.61. The summed E-state index contributed by atoms with van der Waals surface area (Å²) in [6, 6.07) is 6.21. The highest BCUT2D eigenvalue weighted by atomic mass is 19.1. The summed E-state index contributed by atoms with van der Waals surface area (Å²) in [5.74, 6) is -1.67. The number of ether oxygens (including phenoxy) is 1. The van der Waals surface area contributed by atoms with E-state index in [4.69, 9.17) is 9.84 Å². The number of carboxylic acids is 1. The Morgan fingerprint density at radius 1 is 1.26 bits per heavy atom. The van der Waals surface area contributed by atoms with Crippen LogP contribution in [0.25, 0.3) is 0 Å². The normalized spacial score (nSPS) is 10.3. The number of carboxylic acid groups (broad SMARTS) is 1. The fraction of sp³-hybridized carbons (Fsp3) is 0.143. The van der Waals surface area contributed by atoms with Crippen LogP contribution in [0.5, 0.6) is 11.6 Å². The SMILES string of the molecule is Cc1ccc(Oc2ncc(F)cc2C(=O)O)cc1C. The van der Waals surface area contributed by atoms with E-state index < -0.39 is 11.8 Å². The Morgan fingerprint density at radius 2 is 2.00 bits per heavy atom. The molecule has 0 aliphatic carbocycles. The van der Waals surface area contributed by atoms with Crippen molar-refractivity contribution in [2.24, 2.45) is 0 Å². The number of halogens is 1. The molecule has 0 fully saturated rings. The Hall–Kier alpha value is -2.43. The largest absolute Gasteiger partial charge is 0.477 e. The molecular formula is C14H12FNO3. The summed E-state index contributed by atoms with van der Waals surface area (Å²) in [5.41, 5.74) is 1.80. The molecule has 1 aromatic carbocycles. The molecule has 0 saturated heterocycles. The number of aromatic nitrogens is 1. The molecule has 2 rings (SSSR count). The lowest BCUT2D eigenvalue weighted by Gasteiger charge is -2.09. The molecule has 0 aliphatic rings. The molecule has 0 spiro atoms. The highest BCUT2D eigenvalue weighted by molar-refractivity contribution is 5.90. The van der Waals surface area contributed by atoms with Gasteiger partial charge in [0.2, 0.25) is 5.88 Å². The second-order valence-corrected chi connectivity index (χ2v) is 4.16. The summed E-state index contributed by atoms with van der Waals surface area (Å²) < 4.78 is 18.4. The predicted molar refractivity (Wildman–Crippen MR) is 67.1 cm³/mol. The van der Waals surface area contributed by atoms with E-state index in [1.165, 1.54) is 0 Å². The molecule has 19 heavy (non-hydrogen) atoms. The van der Waals surface area contributed by atoms with E-state index in [0.717, 1.165) is 23.4 Å². The molecule has 0 unspecified atom stereocenters. The van der Waals surface area contributed by atoms with Crippen LogP contribution in [-0.4, -0.2) is 16.1 Å². The first-order valence-corrected chi connectivity index (χ1v) is 5.61. The standard InChI is InChI=1S/C14H12FNO3/c1-8-3-4-11(5-9(8)2)19-13-12(14(17)18)6-10(15)7-16-13/h3-7H,1-2H3,(H,17,18). The van der Waals surface area contributed by atoms with E-state index in [1.807, 2.05) is 19.9 Å². The molecule has 0 atom stereocenters. The highest BCUT2D eigenvalue weighted by Crippen LogP contribution is 2.25. The number of pyridine rings is 1. The van der Waals surface area contributed by atoms with E-state index in [0.29, 0.717) is 5.75 Å². The molecule has 4 nitrogen and oxygen atoms in total. The van der Waals surface area contributed by atoms with Crippen LogP contribution in [0.15, 0.2) is 30.5 Å². The van der Waals surface area contributed by atoms with Gasteiger partial charge >= 0.3 is 5.97 Å². The topological polar surface area (TPSA) is 59.4 Å². The zero-order chi connectivity index (χ0) is 14.0. The van der Waals surface area contributed by atoms with Gasteiger partial charge in [-0.15, -0.1) is 0 Å². The van der Waals surface area contributed by atoms with Crippen LogP contribution in [0.4, 0.5) is 4.39 Å². The second-order valence-electron chi connectivity index (χ2n) is 4.16. The van der Waals surface area contributed by atoms with Crippen LogP contribution >= 0.6 is 0 Å². The van der Waals surface area contributed by atoms with E-state index in [-0.39, 0.29) is 11.4 Å². The van der Waals surface area contributed by atoms with Gasteiger partial charge < -0.3 is 9.84 Å². The molecule has 0 aliphatic heterocycles. The Morgan fingerprint density at radius 3 is 2.63 bits per heavy atom. The molecule has 0 bridgehead atoms. The van der Waals surface area contributed by atoms with Crippen LogP contribution in [-0.2, 0) is 0 Å². The van der Waals surface area contributed by atoms with Gasteiger partial charge in [0.1, 0.15) is 17.1 Å². The van der Waals surface area contributed by atoms with Crippen molar-refractivity contribution >= 4 is 5.97 Å². The number of benzene rings is 1. The van der Waals surface area contributed by atoms with Gasteiger partial charge in [-0.2, -0.15) is 0 Å². The monoisotopic (exact) mass is 261 g/mol. The number of aromatic carboxylic acids is 1. The van der Waals surface area contributed by atoms with Crippen molar-refractivity contribution in [2.45, 2.75) is 13.8 Å². The third-order valence-electron chi connectivity index (χ3n) is 2.74. The lowest BCUT2D eigenvalue weighted by Crippen LogP contribution is -2.03. The Labute approximate surface area is 109 Å². The van der Waals surface area contributed by atoms with Crippen molar-refractivity contribution < 1.29 is 19.0 Å². The maximum atomic E-state index is 13.0. The minimum atomic E-state index is -1.29. The van der Waals surface area contributed by atoms with Gasteiger partial charge in [0, 0.05) is 0 Å². The molecule has 0 radical (unpaired) electrons. The minimum Gasteiger partial charge on any atom is -0.477 e. The average Bonchev–Trinajstić information content (AvgIpc) is 2.36. The Bertz CT molecular complexity index is 641. The number of nitrogens with zero attached hydrogens (tertiary/aromatic N) is 1. The van der Waals surface area contributed by atoms with Crippen molar-refractivity contribution in [1.82, 2.24) is 4.98 Å². The van der Waals surface area contributed by atoms with E-state index in [9.17, 15) is 9.18 Å². The van der Waals surface area contributed by atoms with Crippen molar-refractivity contribution in [3.05, 3.63) is 53.0 Å². The Kier molecular flexibility index (Phi) is 3.46. The molecule has 0 saturated carbocycles. The lowest BCUT2D eigenvalue weighted by atomic mass is 10.1. The fourth-order valence-corrected chi connectivity index (χ4v) is 1.55. The first-order chi connectivity index (χ1) is 8.97. The summed E-state index contributed by atoms with van der Waals surface area (Å²) in [6.07, 6.45) is 0.919. The molecule has 1 aromatic heterocycles. The number of rotatable bonds is 3. The van der Waals surface area contributed by atoms with Crippen molar-refractivity contribution in [3.63, 3.8) is 0 Å². The van der Waals surface area contributed by atoms with Gasteiger partial charge in [0.05, 0.1) is 6.20 Å². The average molecular weight is 261 g/mol. The van der Waals surface area contributed by atoms with Gasteiger partial charge in [0.15, 0.2) is 0 Å². The molecule has 98 valence electrons. The van der Waals surface area contributed by atoms with E-state index >= 15 is 0 Å². The summed E-state index contributed by atoms with van der Waals surface area (Å²) >= 11 is 0. The summed E-state index contributed by atoms with van der Waals surface area (Å²) in [7, 11) is 0. The molecular weight excluding hydrogens is 249 g/mol. The maximum absolute atomic E-state index is 13.0. The quantitative estimate of drug-likeness (QED) is 0.920. The maximum Gasteiger partial charge on any atom is 0.341 e. The minimum absolute atomic E-state index is 0.128. The summed E-state index contributed by atoms with van der Waals surface area (Å²) in [5, 5.41) is 8.98. The predicted octanol–water partition coefficient (Wildman–Crippen LogP) is 3.33. The lowest BCUT2D eigenvalue weighted by molar-refractivity contribution is 0.0692. The van der Waals surface area contributed by atoms with Gasteiger partial charge in [-0.25, -0.2) is 14.2 Å². The zero-order valence-electron chi connectivity index (χ0n) is 10.5. The van der Waals surface area contributed by atoms with Gasteiger partial charge in [-0.3, -0.25) is 0 Å². The zero-order valence-corrected chi connectivity index (χ0v) is 10.5. The molecule has 1 heterocycles. The Balaban J connectivity index is 2.37. The first kappa shape index (κ1) is 13.0. The second kappa shape index (κ2) is 5.06. The number of hydrogen-bond acceptors (Lipinski definition) is 3. The van der Waals surface area contributed by atoms with Gasteiger partial charge in [0.25, 0.3) is 0 Å². The van der Waals surface area contributed by atoms with E-state index in [2.05, 4.69) is 4.98 Å².